The molecule has 8 nitrogen and oxygen atoms in total. The van der Waals surface area contributed by atoms with E-state index in [0.29, 0.717) is 63.2 Å². The number of ether oxygens (including phenoxy) is 2. The van der Waals surface area contributed by atoms with Crippen LogP contribution in [0.15, 0.2) is 60.7 Å². The van der Waals surface area contributed by atoms with Crippen molar-refractivity contribution in [3.8, 4) is 5.75 Å². The van der Waals surface area contributed by atoms with Gasteiger partial charge in [-0.2, -0.15) is 0 Å². The van der Waals surface area contributed by atoms with Crippen LogP contribution in [0.5, 0.6) is 5.75 Å². The van der Waals surface area contributed by atoms with Gasteiger partial charge in [-0.25, -0.2) is 0 Å². The summed E-state index contributed by atoms with van der Waals surface area (Å²) in [6.45, 7) is 0.178. The number of nitrogens with one attached hydrogen (secondary N) is 1. The van der Waals surface area contributed by atoms with Gasteiger partial charge in [-0.05, 0) is 55.3 Å². The molecule has 0 saturated carbocycles. The normalized spacial score (nSPS) is 14.9. The van der Waals surface area contributed by atoms with Crippen LogP contribution in [0.4, 0.5) is 11.4 Å². The second-order valence-electron chi connectivity index (χ2n) is 8.42. The molecule has 3 N–H and O–H groups in total. The number of primary amides is 1. The van der Waals surface area contributed by atoms with Crippen molar-refractivity contribution in [3.05, 3.63) is 87.4 Å². The van der Waals surface area contributed by atoms with Gasteiger partial charge in [0, 0.05) is 34.6 Å². The molecule has 1 aliphatic rings. The van der Waals surface area contributed by atoms with Crippen LogP contribution < -0.4 is 20.7 Å². The van der Waals surface area contributed by atoms with Gasteiger partial charge in [0.15, 0.2) is 0 Å². The Morgan fingerprint density at radius 3 is 2.57 bits per heavy atom. The quantitative estimate of drug-likeness (QED) is 0.425. The molecule has 3 amide bonds. The molecule has 192 valence electrons. The molecular formula is C27H25Cl2N3O5. The van der Waals surface area contributed by atoms with E-state index in [1.54, 1.807) is 65.6 Å². The first-order valence-electron chi connectivity index (χ1n) is 11.5. The van der Waals surface area contributed by atoms with Crippen LogP contribution in [0.2, 0.25) is 10.0 Å². The van der Waals surface area contributed by atoms with Crippen LogP contribution >= 0.6 is 23.2 Å². The molecule has 0 saturated heterocycles. The number of hydrogen-bond donors (Lipinski definition) is 2. The van der Waals surface area contributed by atoms with E-state index in [-0.39, 0.29) is 18.4 Å². The van der Waals surface area contributed by atoms with Crippen LogP contribution in [0.1, 0.15) is 45.2 Å². The highest BCUT2D eigenvalue weighted by atomic mass is 35.5. The Hall–Kier alpha value is -3.59. The number of hydrogen-bond acceptors (Lipinski definition) is 5. The lowest BCUT2D eigenvalue weighted by molar-refractivity contribution is -0.124. The molecule has 37 heavy (non-hydrogen) atoms. The molecule has 0 fully saturated rings. The topological polar surface area (TPSA) is 111 Å². The summed E-state index contributed by atoms with van der Waals surface area (Å²) in [6, 6.07) is 16.7. The minimum Gasteiger partial charge on any atom is -0.496 e. The fourth-order valence-corrected chi connectivity index (χ4v) is 4.64. The Labute approximate surface area is 224 Å². The maximum absolute atomic E-state index is 13.7. The molecule has 1 heterocycles. The number of carbonyl (C=O) groups is 3. The highest BCUT2D eigenvalue weighted by molar-refractivity contribution is 6.34. The zero-order chi connectivity index (χ0) is 26.5. The summed E-state index contributed by atoms with van der Waals surface area (Å²) in [5.74, 6) is -0.956. The van der Waals surface area contributed by atoms with Gasteiger partial charge in [0.1, 0.15) is 12.4 Å². The van der Waals surface area contributed by atoms with Crippen molar-refractivity contribution in [1.82, 2.24) is 0 Å². The Balaban J connectivity index is 1.62. The zero-order valence-electron chi connectivity index (χ0n) is 20.0. The van der Waals surface area contributed by atoms with Crippen molar-refractivity contribution >= 4 is 52.3 Å². The molecule has 1 aliphatic heterocycles. The fourth-order valence-electron chi connectivity index (χ4n) is 4.24. The zero-order valence-corrected chi connectivity index (χ0v) is 21.5. The second kappa shape index (κ2) is 11.6. The summed E-state index contributed by atoms with van der Waals surface area (Å²) in [5.41, 5.74) is 7.68. The largest absolute Gasteiger partial charge is 0.496 e. The second-order valence-corrected chi connectivity index (χ2v) is 9.26. The SMILES string of the molecule is COc1cc(NC(=O)c2ccccc2Cl)ccc1C(=O)N1CCCC(OCC(N)=O)c2cc(Cl)ccc21. The van der Waals surface area contributed by atoms with Crippen molar-refractivity contribution in [2.45, 2.75) is 18.9 Å². The van der Waals surface area contributed by atoms with Crippen LogP contribution in [0.25, 0.3) is 0 Å². The number of fused-ring (bicyclic) bond motifs is 1. The Morgan fingerprint density at radius 1 is 1.05 bits per heavy atom. The summed E-state index contributed by atoms with van der Waals surface area (Å²) in [7, 11) is 1.45. The standard InChI is InChI=1S/C27H25Cl2N3O5/c1-36-24-14-17(31-26(34)18-5-2-3-6-21(18)29)9-10-19(24)27(35)32-12-4-7-23(37-15-25(30)33)20-13-16(28)8-11-22(20)32/h2-3,5-6,8-11,13-14,23H,4,7,12,15H2,1H3,(H2,30,33)(H,31,34). The fraction of sp³-hybridized carbons (Fsp3) is 0.222. The number of nitrogens with zero attached hydrogens (tertiary/aromatic N) is 1. The van der Waals surface area contributed by atoms with Crippen molar-refractivity contribution in [3.63, 3.8) is 0 Å². The molecule has 0 aliphatic carbocycles. The van der Waals surface area contributed by atoms with Crippen LogP contribution in [0, 0.1) is 0 Å². The number of carbonyl (C=O) groups excluding carboxylic acids is 3. The van der Waals surface area contributed by atoms with Gasteiger partial charge in [0.25, 0.3) is 11.8 Å². The Bertz CT molecular complexity index is 1350. The van der Waals surface area contributed by atoms with Gasteiger partial charge in [0.05, 0.1) is 29.4 Å². The number of nitrogens with two attached hydrogens (primary N) is 1. The summed E-state index contributed by atoms with van der Waals surface area (Å²) >= 11 is 12.4. The third-order valence-electron chi connectivity index (χ3n) is 5.96. The van der Waals surface area contributed by atoms with E-state index in [1.165, 1.54) is 7.11 Å². The first kappa shape index (κ1) is 26.5. The molecular weight excluding hydrogens is 517 g/mol. The number of halogens is 2. The van der Waals surface area contributed by atoms with Crippen LogP contribution in [-0.2, 0) is 9.53 Å². The average Bonchev–Trinajstić information content (AvgIpc) is 3.06. The van der Waals surface area contributed by atoms with E-state index < -0.39 is 12.0 Å². The average molecular weight is 542 g/mol. The van der Waals surface area contributed by atoms with E-state index in [1.807, 2.05) is 0 Å². The summed E-state index contributed by atoms with van der Waals surface area (Å²) in [5, 5.41) is 3.60. The molecule has 0 aromatic heterocycles. The van der Waals surface area contributed by atoms with Gasteiger partial charge >= 0.3 is 0 Å². The number of anilines is 2. The van der Waals surface area contributed by atoms with Crippen molar-refractivity contribution < 1.29 is 23.9 Å². The van der Waals surface area contributed by atoms with Crippen molar-refractivity contribution in [2.75, 3.05) is 30.5 Å². The third kappa shape index (κ3) is 6.05. The lowest BCUT2D eigenvalue weighted by Crippen LogP contribution is -2.32. The van der Waals surface area contributed by atoms with Crippen LogP contribution in [0.3, 0.4) is 0 Å². The molecule has 1 unspecified atom stereocenters. The maximum atomic E-state index is 13.7. The minimum absolute atomic E-state index is 0.236. The number of amides is 3. The van der Waals surface area contributed by atoms with Gasteiger partial charge in [-0.15, -0.1) is 0 Å². The van der Waals surface area contributed by atoms with E-state index in [9.17, 15) is 14.4 Å². The predicted octanol–water partition coefficient (Wildman–Crippen LogP) is 5.24. The lowest BCUT2D eigenvalue weighted by atomic mass is 10.0. The smallest absolute Gasteiger partial charge is 0.262 e. The third-order valence-corrected chi connectivity index (χ3v) is 6.52. The van der Waals surface area contributed by atoms with E-state index >= 15 is 0 Å². The molecule has 10 heteroatoms. The first-order chi connectivity index (χ1) is 17.8. The van der Waals surface area contributed by atoms with E-state index in [2.05, 4.69) is 5.32 Å². The first-order valence-corrected chi connectivity index (χ1v) is 12.3. The van der Waals surface area contributed by atoms with Crippen LogP contribution in [-0.4, -0.2) is 38.0 Å². The van der Waals surface area contributed by atoms with Gasteiger partial charge in [0.2, 0.25) is 5.91 Å². The summed E-state index contributed by atoms with van der Waals surface area (Å²) in [4.78, 5) is 39.3. The molecule has 0 radical (unpaired) electrons. The molecule has 1 atom stereocenters. The predicted molar refractivity (Wildman–Crippen MR) is 143 cm³/mol. The van der Waals surface area contributed by atoms with Gasteiger partial charge in [-0.3, -0.25) is 14.4 Å². The Morgan fingerprint density at radius 2 is 1.84 bits per heavy atom. The Kier molecular flexibility index (Phi) is 8.33. The van der Waals surface area contributed by atoms with Gasteiger partial charge < -0.3 is 25.4 Å². The molecule has 3 aromatic carbocycles. The number of rotatable bonds is 7. The monoisotopic (exact) mass is 541 g/mol. The van der Waals surface area contributed by atoms with Crippen molar-refractivity contribution in [1.29, 1.82) is 0 Å². The van der Waals surface area contributed by atoms with Gasteiger partial charge in [-0.1, -0.05) is 35.3 Å². The van der Waals surface area contributed by atoms with E-state index in [4.69, 9.17) is 38.4 Å². The molecule has 3 aromatic rings. The lowest BCUT2D eigenvalue weighted by Gasteiger charge is -2.25. The molecule has 0 bridgehead atoms. The van der Waals surface area contributed by atoms with Crippen molar-refractivity contribution in [2.24, 2.45) is 5.73 Å². The highest BCUT2D eigenvalue weighted by Crippen LogP contribution is 2.38. The molecule has 4 rings (SSSR count). The summed E-state index contributed by atoms with van der Waals surface area (Å²) < 4.78 is 11.2. The summed E-state index contributed by atoms with van der Waals surface area (Å²) in [6.07, 6.45) is 0.757. The maximum Gasteiger partial charge on any atom is 0.262 e. The highest BCUT2D eigenvalue weighted by Gasteiger charge is 2.29. The minimum atomic E-state index is -0.577. The number of methoxy groups -OCH3 is 1. The van der Waals surface area contributed by atoms with E-state index in [0.717, 1.165) is 0 Å². The number of benzene rings is 3. The molecule has 0 spiro atoms.